The molecule has 0 unspecified atom stereocenters. The summed E-state index contributed by atoms with van der Waals surface area (Å²) in [6.45, 7) is 1.66. The molecule has 2 fully saturated rings. The third-order valence-corrected chi connectivity index (χ3v) is 3.08. The second-order valence-electron chi connectivity index (χ2n) is 4.18. The van der Waals surface area contributed by atoms with Gasteiger partial charge in [-0.15, -0.1) is 0 Å². The molecule has 0 aliphatic carbocycles. The molecule has 2 saturated heterocycles. The van der Waals surface area contributed by atoms with Crippen molar-refractivity contribution in [2.45, 2.75) is 24.8 Å². The van der Waals surface area contributed by atoms with E-state index >= 15 is 0 Å². The van der Waals surface area contributed by atoms with Crippen molar-refractivity contribution in [2.75, 3.05) is 19.6 Å². The van der Waals surface area contributed by atoms with Gasteiger partial charge in [0, 0.05) is 19.5 Å². The van der Waals surface area contributed by atoms with Crippen LogP contribution in [-0.2, 0) is 9.59 Å². The molecule has 0 atom stereocenters. The summed E-state index contributed by atoms with van der Waals surface area (Å²) in [6.07, 6.45) is 2.38. The first kappa shape index (κ1) is 9.45. The van der Waals surface area contributed by atoms with Crippen LogP contribution in [0.2, 0.25) is 0 Å². The zero-order chi connectivity index (χ0) is 10.2. The number of likely N-dealkylation sites (tertiary alicyclic amines) is 1. The van der Waals surface area contributed by atoms with E-state index in [0.29, 0.717) is 6.42 Å². The van der Waals surface area contributed by atoms with Crippen molar-refractivity contribution in [2.24, 2.45) is 0 Å². The third kappa shape index (κ3) is 1.72. The fourth-order valence-electron chi connectivity index (χ4n) is 2.22. The zero-order valence-corrected chi connectivity index (χ0v) is 7.95. The molecule has 5 nitrogen and oxygen atoms in total. The van der Waals surface area contributed by atoms with Gasteiger partial charge in [0.1, 0.15) is 0 Å². The molecule has 1 spiro atoms. The van der Waals surface area contributed by atoms with Crippen molar-refractivity contribution < 1.29 is 14.7 Å². The normalized spacial score (nSPS) is 25.6. The molecule has 5 heteroatoms. The predicted molar refractivity (Wildman–Crippen MR) is 48.8 cm³/mol. The van der Waals surface area contributed by atoms with E-state index in [1.54, 1.807) is 0 Å². The average molecular weight is 198 g/mol. The first-order chi connectivity index (χ1) is 6.60. The lowest BCUT2D eigenvalue weighted by Gasteiger charge is -2.47. The molecule has 0 aromatic rings. The first-order valence-corrected chi connectivity index (χ1v) is 4.85. The average Bonchev–Trinajstić information content (AvgIpc) is 2.05. The Hall–Kier alpha value is -1.10. The summed E-state index contributed by atoms with van der Waals surface area (Å²) in [4.78, 5) is 23.2. The van der Waals surface area contributed by atoms with Crippen molar-refractivity contribution in [1.29, 1.82) is 0 Å². The quantitative estimate of drug-likeness (QED) is 0.583. The molecule has 2 aliphatic heterocycles. The first-order valence-electron chi connectivity index (χ1n) is 4.85. The Labute approximate surface area is 82.1 Å². The zero-order valence-electron chi connectivity index (χ0n) is 7.95. The van der Waals surface area contributed by atoms with Gasteiger partial charge in [-0.2, -0.15) is 0 Å². The fourth-order valence-corrected chi connectivity index (χ4v) is 2.22. The van der Waals surface area contributed by atoms with Gasteiger partial charge in [0.25, 0.3) is 0 Å². The largest absolute Gasteiger partial charge is 0.480 e. The highest BCUT2D eigenvalue weighted by Gasteiger charge is 2.44. The summed E-state index contributed by atoms with van der Waals surface area (Å²) in [6, 6.07) is 0. The van der Waals surface area contributed by atoms with E-state index in [2.05, 4.69) is 5.32 Å². The van der Waals surface area contributed by atoms with E-state index in [0.717, 1.165) is 25.9 Å². The van der Waals surface area contributed by atoms with E-state index in [1.165, 1.54) is 0 Å². The van der Waals surface area contributed by atoms with E-state index in [1.807, 2.05) is 4.90 Å². The molecule has 2 aliphatic rings. The maximum Gasteiger partial charge on any atom is 0.317 e. The Morgan fingerprint density at radius 3 is 2.50 bits per heavy atom. The van der Waals surface area contributed by atoms with Gasteiger partial charge in [0.15, 0.2) is 0 Å². The molecule has 78 valence electrons. The molecule has 2 rings (SSSR count). The van der Waals surface area contributed by atoms with E-state index in [-0.39, 0.29) is 18.0 Å². The van der Waals surface area contributed by atoms with Crippen LogP contribution in [0.3, 0.4) is 0 Å². The van der Waals surface area contributed by atoms with Crippen LogP contribution in [0.15, 0.2) is 0 Å². The molecule has 2 heterocycles. The van der Waals surface area contributed by atoms with Crippen molar-refractivity contribution in [3.05, 3.63) is 0 Å². The fraction of sp³-hybridized carbons (Fsp3) is 0.778. The lowest BCUT2D eigenvalue weighted by Crippen LogP contribution is -2.65. The number of hydrogen-bond acceptors (Lipinski definition) is 3. The molecule has 0 aromatic heterocycles. The minimum Gasteiger partial charge on any atom is -0.480 e. The molecule has 2 N–H and O–H groups in total. The van der Waals surface area contributed by atoms with Crippen LogP contribution < -0.4 is 5.32 Å². The number of aliphatic carboxylic acids is 1. The molecule has 14 heavy (non-hydrogen) atoms. The Morgan fingerprint density at radius 1 is 1.50 bits per heavy atom. The maximum absolute atomic E-state index is 10.8. The van der Waals surface area contributed by atoms with Gasteiger partial charge in [-0.05, 0) is 12.8 Å². The van der Waals surface area contributed by atoms with Crippen molar-refractivity contribution >= 4 is 11.9 Å². The Kier molecular flexibility index (Phi) is 2.19. The van der Waals surface area contributed by atoms with Gasteiger partial charge in [-0.3, -0.25) is 14.5 Å². The smallest absolute Gasteiger partial charge is 0.317 e. The molecule has 1 amide bonds. The molecule has 0 radical (unpaired) electrons. The van der Waals surface area contributed by atoms with E-state index < -0.39 is 5.97 Å². The van der Waals surface area contributed by atoms with Crippen LogP contribution in [-0.4, -0.2) is 47.1 Å². The minimum absolute atomic E-state index is 0.00604. The van der Waals surface area contributed by atoms with Gasteiger partial charge < -0.3 is 10.4 Å². The van der Waals surface area contributed by atoms with Crippen LogP contribution in [0.25, 0.3) is 0 Å². The standard InChI is InChI=1S/C9H14N2O3/c12-7-5-9(10-7)1-3-11(4-2-9)6-8(13)14/h1-6H2,(H,10,12)(H,13,14). The second-order valence-corrected chi connectivity index (χ2v) is 4.18. The molecule has 0 aromatic carbocycles. The SMILES string of the molecule is O=C(O)CN1CCC2(CC1)CC(=O)N2. The highest BCUT2D eigenvalue weighted by atomic mass is 16.4. The lowest BCUT2D eigenvalue weighted by atomic mass is 9.78. The summed E-state index contributed by atoms with van der Waals surface area (Å²) in [7, 11) is 0. The highest BCUT2D eigenvalue weighted by Crippen LogP contribution is 2.31. The number of β-lactam (4-membered cyclic amide) rings is 1. The van der Waals surface area contributed by atoms with Crippen LogP contribution >= 0.6 is 0 Å². The Balaban J connectivity index is 1.81. The number of amides is 1. The molecule has 0 saturated carbocycles. The summed E-state index contributed by atoms with van der Waals surface area (Å²) < 4.78 is 0. The monoisotopic (exact) mass is 198 g/mol. The van der Waals surface area contributed by atoms with Gasteiger partial charge in [0.2, 0.25) is 5.91 Å². The van der Waals surface area contributed by atoms with Crippen LogP contribution in [0.4, 0.5) is 0 Å². The number of carboxylic acids is 1. The van der Waals surface area contributed by atoms with Gasteiger partial charge in [0.05, 0.1) is 12.1 Å². The number of hydrogen-bond donors (Lipinski definition) is 2. The molecular weight excluding hydrogens is 184 g/mol. The Morgan fingerprint density at radius 2 is 2.07 bits per heavy atom. The summed E-state index contributed by atoms with van der Waals surface area (Å²) in [5.41, 5.74) is 0.00604. The maximum atomic E-state index is 10.8. The van der Waals surface area contributed by atoms with E-state index in [9.17, 15) is 9.59 Å². The number of carbonyl (C=O) groups excluding carboxylic acids is 1. The highest BCUT2D eigenvalue weighted by molar-refractivity contribution is 5.84. The summed E-state index contributed by atoms with van der Waals surface area (Å²) in [5, 5.41) is 11.5. The number of carboxylic acid groups (broad SMARTS) is 1. The Bertz CT molecular complexity index is 259. The predicted octanol–water partition coefficient (Wildman–Crippen LogP) is -0.575. The van der Waals surface area contributed by atoms with Gasteiger partial charge in [-0.25, -0.2) is 0 Å². The number of piperidine rings is 1. The number of nitrogens with zero attached hydrogens (tertiary/aromatic N) is 1. The summed E-state index contributed by atoms with van der Waals surface area (Å²) in [5.74, 6) is -0.657. The minimum atomic E-state index is -0.779. The van der Waals surface area contributed by atoms with Gasteiger partial charge in [-0.1, -0.05) is 0 Å². The lowest BCUT2D eigenvalue weighted by molar-refractivity contribution is -0.141. The van der Waals surface area contributed by atoms with Crippen molar-refractivity contribution in [3.63, 3.8) is 0 Å². The van der Waals surface area contributed by atoms with Gasteiger partial charge >= 0.3 is 5.97 Å². The molecule has 0 bridgehead atoms. The molecular formula is C9H14N2O3. The topological polar surface area (TPSA) is 69.6 Å². The third-order valence-electron chi connectivity index (χ3n) is 3.08. The summed E-state index contributed by atoms with van der Waals surface area (Å²) >= 11 is 0. The van der Waals surface area contributed by atoms with Crippen LogP contribution in [0.5, 0.6) is 0 Å². The number of nitrogens with one attached hydrogen (secondary N) is 1. The van der Waals surface area contributed by atoms with Crippen LogP contribution in [0.1, 0.15) is 19.3 Å². The van der Waals surface area contributed by atoms with Crippen LogP contribution in [0, 0.1) is 0 Å². The van der Waals surface area contributed by atoms with Crippen molar-refractivity contribution in [1.82, 2.24) is 10.2 Å². The van der Waals surface area contributed by atoms with E-state index in [4.69, 9.17) is 5.11 Å². The number of carbonyl (C=O) groups is 2. The number of rotatable bonds is 2. The second kappa shape index (κ2) is 3.24. The van der Waals surface area contributed by atoms with Crippen molar-refractivity contribution in [3.8, 4) is 0 Å².